The second-order valence-electron chi connectivity index (χ2n) is 7.51. The minimum Gasteiger partial charge on any atom is -0.493 e. The summed E-state index contributed by atoms with van der Waals surface area (Å²) in [5.74, 6) is -0.393. The molecule has 1 fully saturated rings. The fraction of sp³-hybridized carbons (Fsp3) is 0.391. The maximum Gasteiger partial charge on any atom is 0.416 e. The van der Waals surface area contributed by atoms with Crippen molar-refractivity contribution in [1.82, 2.24) is 9.80 Å². The third-order valence-electron chi connectivity index (χ3n) is 5.51. The largest absolute Gasteiger partial charge is 0.493 e. The minimum atomic E-state index is -4.36. The van der Waals surface area contributed by atoms with Crippen molar-refractivity contribution in [3.05, 3.63) is 58.7 Å². The van der Waals surface area contributed by atoms with Crippen molar-refractivity contribution in [3.8, 4) is 11.5 Å². The van der Waals surface area contributed by atoms with E-state index in [2.05, 4.69) is 4.90 Å². The fourth-order valence-corrected chi connectivity index (χ4v) is 3.67. The summed E-state index contributed by atoms with van der Waals surface area (Å²) in [5.41, 5.74) is 0.302. The van der Waals surface area contributed by atoms with E-state index in [4.69, 9.17) is 14.2 Å². The molecule has 0 saturated carbocycles. The SMILES string of the molecule is COC(=O)c1cc(OC)c(OC)cc1C(=O)N1CCN(Cc2ccc(C(F)(F)F)cc2)CC1. The van der Waals surface area contributed by atoms with Crippen LogP contribution in [-0.2, 0) is 17.5 Å². The molecule has 0 spiro atoms. The summed E-state index contributed by atoms with van der Waals surface area (Å²) in [4.78, 5) is 29.1. The Hall–Kier alpha value is -3.27. The molecule has 1 heterocycles. The zero-order chi connectivity index (χ0) is 24.2. The highest BCUT2D eigenvalue weighted by molar-refractivity contribution is 6.06. The average molecular weight is 466 g/mol. The lowest BCUT2D eigenvalue weighted by Crippen LogP contribution is -2.48. The molecule has 10 heteroatoms. The smallest absolute Gasteiger partial charge is 0.416 e. The number of hydrogen-bond acceptors (Lipinski definition) is 6. The van der Waals surface area contributed by atoms with Crippen molar-refractivity contribution in [2.45, 2.75) is 12.7 Å². The number of methoxy groups -OCH3 is 3. The van der Waals surface area contributed by atoms with Crippen molar-refractivity contribution in [1.29, 1.82) is 0 Å². The zero-order valence-electron chi connectivity index (χ0n) is 18.6. The first-order chi connectivity index (χ1) is 15.7. The number of benzene rings is 2. The molecule has 1 amide bonds. The lowest BCUT2D eigenvalue weighted by Gasteiger charge is -2.35. The van der Waals surface area contributed by atoms with E-state index < -0.39 is 17.7 Å². The van der Waals surface area contributed by atoms with Crippen molar-refractivity contribution in [2.75, 3.05) is 47.5 Å². The van der Waals surface area contributed by atoms with Crippen LogP contribution in [0.1, 0.15) is 31.8 Å². The second kappa shape index (κ2) is 10.1. The number of amides is 1. The maximum absolute atomic E-state index is 13.2. The fourth-order valence-electron chi connectivity index (χ4n) is 3.67. The topological polar surface area (TPSA) is 68.3 Å². The van der Waals surface area contributed by atoms with Crippen LogP contribution >= 0.6 is 0 Å². The van der Waals surface area contributed by atoms with Gasteiger partial charge >= 0.3 is 12.1 Å². The molecule has 33 heavy (non-hydrogen) atoms. The number of halogens is 3. The predicted molar refractivity (Wildman–Crippen MR) is 114 cm³/mol. The minimum absolute atomic E-state index is 0.0762. The zero-order valence-corrected chi connectivity index (χ0v) is 18.6. The molecule has 7 nitrogen and oxygen atoms in total. The van der Waals surface area contributed by atoms with E-state index in [1.165, 1.54) is 45.6 Å². The van der Waals surface area contributed by atoms with Crippen molar-refractivity contribution < 1.29 is 37.0 Å². The van der Waals surface area contributed by atoms with Gasteiger partial charge in [0.05, 0.1) is 38.0 Å². The molecule has 0 atom stereocenters. The van der Waals surface area contributed by atoms with Gasteiger partial charge in [0.1, 0.15) is 0 Å². The average Bonchev–Trinajstić information content (AvgIpc) is 2.82. The number of hydrogen-bond donors (Lipinski definition) is 0. The first-order valence-electron chi connectivity index (χ1n) is 10.2. The van der Waals surface area contributed by atoms with Crippen molar-refractivity contribution in [2.24, 2.45) is 0 Å². The molecule has 0 N–H and O–H groups in total. The summed E-state index contributed by atoms with van der Waals surface area (Å²) in [7, 11) is 4.09. The molecular formula is C23H25F3N2O5. The molecule has 2 aromatic rings. The Labute approximate surface area is 189 Å². The van der Waals surface area contributed by atoms with Crippen LogP contribution < -0.4 is 9.47 Å². The van der Waals surface area contributed by atoms with Gasteiger partial charge in [-0.05, 0) is 29.8 Å². The van der Waals surface area contributed by atoms with Gasteiger partial charge < -0.3 is 19.1 Å². The molecule has 0 bridgehead atoms. The van der Waals surface area contributed by atoms with Gasteiger partial charge in [-0.15, -0.1) is 0 Å². The van der Waals surface area contributed by atoms with E-state index in [0.29, 0.717) is 44.2 Å². The molecule has 1 saturated heterocycles. The highest BCUT2D eigenvalue weighted by Crippen LogP contribution is 2.32. The van der Waals surface area contributed by atoms with Gasteiger partial charge in [0.2, 0.25) is 0 Å². The Kier molecular flexibility index (Phi) is 7.47. The van der Waals surface area contributed by atoms with Crippen LogP contribution in [0.5, 0.6) is 11.5 Å². The van der Waals surface area contributed by atoms with Crippen LogP contribution in [0.25, 0.3) is 0 Å². The Morgan fingerprint density at radius 2 is 1.42 bits per heavy atom. The van der Waals surface area contributed by atoms with Gasteiger partial charge in [0, 0.05) is 32.7 Å². The number of piperazine rings is 1. The van der Waals surface area contributed by atoms with E-state index in [-0.39, 0.29) is 17.0 Å². The van der Waals surface area contributed by atoms with Crippen molar-refractivity contribution in [3.63, 3.8) is 0 Å². The van der Waals surface area contributed by atoms with E-state index in [0.717, 1.165) is 17.7 Å². The Morgan fingerprint density at radius 1 is 0.879 bits per heavy atom. The van der Waals surface area contributed by atoms with Gasteiger partial charge in [-0.1, -0.05) is 12.1 Å². The van der Waals surface area contributed by atoms with Gasteiger partial charge in [-0.3, -0.25) is 9.69 Å². The Bertz CT molecular complexity index is 1000. The molecule has 0 radical (unpaired) electrons. The number of carbonyl (C=O) groups excluding carboxylic acids is 2. The highest BCUT2D eigenvalue weighted by atomic mass is 19.4. The molecule has 1 aliphatic rings. The standard InChI is InChI=1S/C23H25F3N2O5/c1-31-19-12-17(18(22(30)33-3)13-20(19)32-2)21(29)28-10-8-27(9-11-28)14-15-4-6-16(7-5-15)23(24,25)26/h4-7,12-13H,8-11,14H2,1-3H3. The number of esters is 1. The molecule has 178 valence electrons. The highest BCUT2D eigenvalue weighted by Gasteiger charge is 2.30. The molecular weight excluding hydrogens is 441 g/mol. The van der Waals surface area contributed by atoms with Crippen LogP contribution in [0.15, 0.2) is 36.4 Å². The van der Waals surface area contributed by atoms with E-state index in [1.54, 1.807) is 4.90 Å². The number of ether oxygens (including phenoxy) is 3. The monoisotopic (exact) mass is 466 g/mol. The number of rotatable bonds is 6. The van der Waals surface area contributed by atoms with E-state index in [9.17, 15) is 22.8 Å². The summed E-state index contributed by atoms with van der Waals surface area (Å²) >= 11 is 0. The van der Waals surface area contributed by atoms with Gasteiger partial charge in [-0.2, -0.15) is 13.2 Å². The molecule has 3 rings (SSSR count). The molecule has 2 aromatic carbocycles. The molecule has 0 unspecified atom stereocenters. The first kappa shape index (κ1) is 24.4. The van der Waals surface area contributed by atoms with Crippen LogP contribution in [0, 0.1) is 0 Å². The molecule has 1 aliphatic heterocycles. The van der Waals surface area contributed by atoms with Gasteiger partial charge in [-0.25, -0.2) is 4.79 Å². The summed E-state index contributed by atoms with van der Waals surface area (Å²) in [6.45, 7) is 2.34. The summed E-state index contributed by atoms with van der Waals surface area (Å²) in [6, 6.07) is 7.95. The van der Waals surface area contributed by atoms with Crippen LogP contribution in [0.2, 0.25) is 0 Å². The molecule has 0 aliphatic carbocycles. The van der Waals surface area contributed by atoms with Crippen LogP contribution in [-0.4, -0.2) is 69.2 Å². The Balaban J connectivity index is 1.69. The maximum atomic E-state index is 13.2. The van der Waals surface area contributed by atoms with Gasteiger partial charge in [0.25, 0.3) is 5.91 Å². The number of carbonyl (C=O) groups is 2. The summed E-state index contributed by atoms with van der Waals surface area (Å²) in [5, 5.41) is 0. The first-order valence-corrected chi connectivity index (χ1v) is 10.2. The summed E-state index contributed by atoms with van der Waals surface area (Å²) < 4.78 is 53.5. The van der Waals surface area contributed by atoms with Gasteiger partial charge in [0.15, 0.2) is 11.5 Å². The van der Waals surface area contributed by atoms with E-state index >= 15 is 0 Å². The normalized spacial score (nSPS) is 14.7. The Morgan fingerprint density at radius 3 is 1.91 bits per heavy atom. The number of nitrogens with zero attached hydrogens (tertiary/aromatic N) is 2. The second-order valence-corrected chi connectivity index (χ2v) is 7.51. The van der Waals surface area contributed by atoms with Crippen LogP contribution in [0.3, 0.4) is 0 Å². The van der Waals surface area contributed by atoms with Crippen molar-refractivity contribution >= 4 is 11.9 Å². The quantitative estimate of drug-likeness (QED) is 0.608. The lowest BCUT2D eigenvalue weighted by atomic mass is 10.0. The van der Waals surface area contributed by atoms with Crippen LogP contribution in [0.4, 0.5) is 13.2 Å². The number of alkyl halides is 3. The third-order valence-corrected chi connectivity index (χ3v) is 5.51. The molecule has 0 aromatic heterocycles. The summed E-state index contributed by atoms with van der Waals surface area (Å²) in [6.07, 6.45) is -4.36. The third kappa shape index (κ3) is 5.57. The predicted octanol–water partition coefficient (Wildman–Crippen LogP) is 3.47. The lowest BCUT2D eigenvalue weighted by molar-refractivity contribution is -0.137. The van der Waals surface area contributed by atoms with E-state index in [1.807, 2.05) is 0 Å².